The predicted octanol–water partition coefficient (Wildman–Crippen LogP) is 2.50. The van der Waals surface area contributed by atoms with Crippen LogP contribution in [-0.2, 0) is 4.74 Å². The maximum Gasteiger partial charge on any atom is 0.223 e. The fourth-order valence-electron chi connectivity index (χ4n) is 2.34. The Morgan fingerprint density at radius 1 is 1.42 bits per heavy atom. The summed E-state index contributed by atoms with van der Waals surface area (Å²) >= 11 is 1.59. The van der Waals surface area contributed by atoms with Crippen molar-refractivity contribution in [3.05, 3.63) is 11.4 Å². The number of nitrogens with two attached hydrogens (primary N) is 1. The highest BCUT2D eigenvalue weighted by Gasteiger charge is 2.27. The fourth-order valence-corrected chi connectivity index (χ4v) is 3.12. The Bertz CT molecular complexity index is 577. The molecule has 2 aromatic heterocycles. The number of nitrogen functional groups attached to an aromatic ring is 1. The van der Waals surface area contributed by atoms with E-state index >= 15 is 0 Å². The minimum absolute atomic E-state index is 0.264. The van der Waals surface area contributed by atoms with Crippen LogP contribution in [0.25, 0.3) is 10.2 Å². The van der Waals surface area contributed by atoms with Crippen LogP contribution in [0.4, 0.5) is 11.8 Å². The summed E-state index contributed by atoms with van der Waals surface area (Å²) in [6.07, 6.45) is 2.15. The summed E-state index contributed by atoms with van der Waals surface area (Å²) in [5.74, 6) is 1.17. The maximum absolute atomic E-state index is 5.75. The Balaban J connectivity index is 1.79. The van der Waals surface area contributed by atoms with Gasteiger partial charge in [0.25, 0.3) is 0 Å². The van der Waals surface area contributed by atoms with Crippen LogP contribution < -0.4 is 11.1 Å². The highest BCUT2D eigenvalue weighted by atomic mass is 32.1. The maximum atomic E-state index is 5.75. The second-order valence-corrected chi connectivity index (χ2v) is 6.24. The number of nitrogens with zero attached hydrogens (tertiary/aromatic N) is 2. The van der Waals surface area contributed by atoms with Crippen LogP contribution in [0.5, 0.6) is 0 Å². The van der Waals surface area contributed by atoms with Crippen molar-refractivity contribution in [2.75, 3.05) is 30.8 Å². The lowest BCUT2D eigenvalue weighted by molar-refractivity contribution is 0.0300. The van der Waals surface area contributed by atoms with E-state index in [1.807, 2.05) is 11.4 Å². The summed E-state index contributed by atoms with van der Waals surface area (Å²) in [6.45, 7) is 4.87. The van der Waals surface area contributed by atoms with Crippen LogP contribution in [0.1, 0.15) is 19.8 Å². The highest BCUT2D eigenvalue weighted by molar-refractivity contribution is 7.16. The zero-order valence-electron chi connectivity index (χ0n) is 11.0. The third-order valence-corrected chi connectivity index (χ3v) is 4.53. The number of hydrogen-bond donors (Lipinski definition) is 2. The largest absolute Gasteiger partial charge is 0.381 e. The molecular weight excluding hydrogens is 260 g/mol. The van der Waals surface area contributed by atoms with Gasteiger partial charge in [-0.05, 0) is 29.7 Å². The fraction of sp³-hybridized carbons (Fsp3) is 0.538. The van der Waals surface area contributed by atoms with E-state index in [0.29, 0.717) is 5.95 Å². The molecule has 3 N–H and O–H groups in total. The first-order chi connectivity index (χ1) is 9.16. The minimum atomic E-state index is 0.264. The van der Waals surface area contributed by atoms with Crippen molar-refractivity contribution in [1.29, 1.82) is 0 Å². The van der Waals surface area contributed by atoms with E-state index < -0.39 is 0 Å². The third-order valence-electron chi connectivity index (χ3n) is 3.72. The molecule has 0 radical (unpaired) electrons. The normalized spacial score (nSPS) is 18.6. The Hall–Kier alpha value is -1.40. The van der Waals surface area contributed by atoms with Crippen LogP contribution >= 0.6 is 11.3 Å². The minimum Gasteiger partial charge on any atom is -0.381 e. The zero-order valence-corrected chi connectivity index (χ0v) is 11.8. The van der Waals surface area contributed by atoms with Gasteiger partial charge in [-0.3, -0.25) is 0 Å². The standard InChI is InChI=1S/C13H18N4OS/c1-13(3-5-18-6-4-13)8-15-10-9-2-7-19-11(9)17-12(14)16-10/h2,7H,3-6,8H2,1H3,(H3,14,15,16,17). The van der Waals surface area contributed by atoms with E-state index in [0.717, 1.165) is 48.6 Å². The monoisotopic (exact) mass is 278 g/mol. The van der Waals surface area contributed by atoms with Gasteiger partial charge in [-0.25, -0.2) is 4.98 Å². The van der Waals surface area contributed by atoms with E-state index in [2.05, 4.69) is 22.2 Å². The van der Waals surface area contributed by atoms with Gasteiger partial charge in [0.2, 0.25) is 5.95 Å². The van der Waals surface area contributed by atoms with Crippen molar-refractivity contribution >= 4 is 33.3 Å². The molecule has 0 unspecified atom stereocenters. The lowest BCUT2D eigenvalue weighted by Gasteiger charge is -2.33. The van der Waals surface area contributed by atoms with E-state index in [9.17, 15) is 0 Å². The van der Waals surface area contributed by atoms with Gasteiger partial charge < -0.3 is 15.8 Å². The van der Waals surface area contributed by atoms with Crippen LogP contribution in [0.2, 0.25) is 0 Å². The van der Waals surface area contributed by atoms with E-state index in [1.165, 1.54) is 0 Å². The Morgan fingerprint density at radius 3 is 3.00 bits per heavy atom. The summed E-state index contributed by atoms with van der Waals surface area (Å²) in [5, 5.41) is 6.51. The zero-order chi connectivity index (χ0) is 13.3. The van der Waals surface area contributed by atoms with Crippen molar-refractivity contribution in [2.24, 2.45) is 5.41 Å². The molecule has 1 aliphatic rings. The van der Waals surface area contributed by atoms with Crippen molar-refractivity contribution in [2.45, 2.75) is 19.8 Å². The lowest BCUT2D eigenvalue weighted by atomic mass is 9.82. The highest BCUT2D eigenvalue weighted by Crippen LogP contribution is 2.31. The van der Waals surface area contributed by atoms with Gasteiger partial charge in [0, 0.05) is 19.8 Å². The SMILES string of the molecule is CC1(CNc2nc(N)nc3sccc23)CCOCC1. The van der Waals surface area contributed by atoms with Crippen LogP contribution in [-0.4, -0.2) is 29.7 Å². The number of nitrogens with one attached hydrogen (secondary N) is 1. The Labute approximate surface area is 116 Å². The number of fused-ring (bicyclic) bond motifs is 1. The molecule has 3 rings (SSSR count). The molecule has 6 heteroatoms. The van der Waals surface area contributed by atoms with Crippen molar-refractivity contribution < 1.29 is 4.74 Å². The number of rotatable bonds is 3. The first-order valence-corrected chi connectivity index (χ1v) is 7.37. The quantitative estimate of drug-likeness (QED) is 0.902. The first-order valence-electron chi connectivity index (χ1n) is 6.49. The summed E-state index contributed by atoms with van der Waals surface area (Å²) < 4.78 is 5.42. The summed E-state index contributed by atoms with van der Waals surface area (Å²) in [7, 11) is 0. The Kier molecular flexibility index (Phi) is 3.28. The van der Waals surface area contributed by atoms with Crippen LogP contribution in [0, 0.1) is 5.41 Å². The van der Waals surface area contributed by atoms with Crippen LogP contribution in [0.15, 0.2) is 11.4 Å². The van der Waals surface area contributed by atoms with E-state index in [4.69, 9.17) is 10.5 Å². The molecule has 0 aromatic carbocycles. The van der Waals surface area contributed by atoms with Gasteiger partial charge in [0.15, 0.2) is 0 Å². The van der Waals surface area contributed by atoms with Crippen molar-refractivity contribution in [3.8, 4) is 0 Å². The van der Waals surface area contributed by atoms with E-state index in [1.54, 1.807) is 11.3 Å². The van der Waals surface area contributed by atoms with Crippen molar-refractivity contribution in [3.63, 3.8) is 0 Å². The number of hydrogen-bond acceptors (Lipinski definition) is 6. The number of anilines is 2. The molecule has 3 heterocycles. The molecular formula is C13H18N4OS. The number of aromatic nitrogens is 2. The van der Waals surface area contributed by atoms with Gasteiger partial charge in [0.05, 0.1) is 5.39 Å². The molecule has 0 spiro atoms. The molecule has 0 aliphatic carbocycles. The molecule has 1 fully saturated rings. The van der Waals surface area contributed by atoms with Gasteiger partial charge >= 0.3 is 0 Å². The summed E-state index contributed by atoms with van der Waals surface area (Å²) in [4.78, 5) is 9.49. The first kappa shape index (κ1) is 12.6. The Morgan fingerprint density at radius 2 is 2.21 bits per heavy atom. The average Bonchev–Trinajstić information content (AvgIpc) is 2.85. The number of thiophene rings is 1. The van der Waals surface area contributed by atoms with Gasteiger partial charge in [-0.2, -0.15) is 4.98 Å². The molecule has 0 saturated carbocycles. The average molecular weight is 278 g/mol. The molecule has 1 aliphatic heterocycles. The van der Waals surface area contributed by atoms with Gasteiger partial charge in [-0.15, -0.1) is 11.3 Å². The molecule has 1 saturated heterocycles. The molecule has 0 amide bonds. The summed E-state index contributed by atoms with van der Waals surface area (Å²) in [5.41, 5.74) is 6.01. The molecule has 19 heavy (non-hydrogen) atoms. The van der Waals surface area contributed by atoms with Crippen molar-refractivity contribution in [1.82, 2.24) is 9.97 Å². The molecule has 0 bridgehead atoms. The van der Waals surface area contributed by atoms with Gasteiger partial charge in [-0.1, -0.05) is 6.92 Å². The second kappa shape index (κ2) is 4.94. The molecule has 5 nitrogen and oxygen atoms in total. The lowest BCUT2D eigenvalue weighted by Crippen LogP contribution is -2.33. The topological polar surface area (TPSA) is 73.1 Å². The van der Waals surface area contributed by atoms with Gasteiger partial charge in [0.1, 0.15) is 10.6 Å². The van der Waals surface area contributed by atoms with Crippen LogP contribution in [0.3, 0.4) is 0 Å². The number of ether oxygens (including phenoxy) is 1. The molecule has 0 atom stereocenters. The molecule has 2 aromatic rings. The molecule has 102 valence electrons. The predicted molar refractivity (Wildman–Crippen MR) is 78.5 cm³/mol. The second-order valence-electron chi connectivity index (χ2n) is 5.35. The summed E-state index contributed by atoms with van der Waals surface area (Å²) in [6, 6.07) is 2.04. The third kappa shape index (κ3) is 2.64. The smallest absolute Gasteiger partial charge is 0.223 e. The van der Waals surface area contributed by atoms with E-state index in [-0.39, 0.29) is 5.41 Å².